The van der Waals surface area contributed by atoms with E-state index in [1.807, 2.05) is 0 Å². The van der Waals surface area contributed by atoms with Gasteiger partial charge in [-0.1, -0.05) is 17.0 Å². The summed E-state index contributed by atoms with van der Waals surface area (Å²) in [6, 6.07) is 0. The van der Waals surface area contributed by atoms with Crippen molar-refractivity contribution in [1.29, 1.82) is 0 Å². The Morgan fingerprint density at radius 1 is 1.40 bits per heavy atom. The van der Waals surface area contributed by atoms with Crippen molar-refractivity contribution in [1.82, 2.24) is 0 Å². The van der Waals surface area contributed by atoms with Crippen LogP contribution in [0.4, 0.5) is 0 Å². The molecule has 2 nitrogen and oxygen atoms in total. The molecular weight excluding hydrogens is 99.1 g/mol. The molecule has 0 unspecified atom stereocenters. The van der Waals surface area contributed by atoms with Gasteiger partial charge in [0.1, 0.15) is 0 Å². The van der Waals surface area contributed by atoms with E-state index in [0.717, 1.165) is 0 Å². The van der Waals surface area contributed by atoms with Crippen molar-refractivity contribution >= 4 is 10.7 Å². The van der Waals surface area contributed by atoms with Crippen LogP contribution in [0.15, 0.2) is 0 Å². The number of hydrogen-bond donors (Lipinski definition) is 0. The number of rotatable bonds is 0. The molecule has 0 saturated carbocycles. The van der Waals surface area contributed by atoms with Crippen molar-refractivity contribution in [3.63, 3.8) is 0 Å². The molecule has 0 aromatic heterocycles. The normalized spacial score (nSPS) is 6.80. The summed E-state index contributed by atoms with van der Waals surface area (Å²) in [6.45, 7) is 0. The molecule has 5 heavy (non-hydrogen) atoms. The van der Waals surface area contributed by atoms with Gasteiger partial charge in [-0.05, 0) is 0 Å². The quantitative estimate of drug-likeness (QED) is 0.242. The standard InChI is InChI=1S/CH2O2S.Na/c1-4(2)3;/h1H2;/q-1;+1. The van der Waals surface area contributed by atoms with E-state index in [-0.39, 0.29) is 29.6 Å². The fourth-order valence-electron chi connectivity index (χ4n) is 0. The van der Waals surface area contributed by atoms with Crippen LogP contribution in [0.2, 0.25) is 0 Å². The van der Waals surface area contributed by atoms with Crippen molar-refractivity contribution in [2.75, 3.05) is 0 Å². The summed E-state index contributed by atoms with van der Waals surface area (Å²) in [6.07, 6.45) is 2.56. The van der Waals surface area contributed by atoms with Crippen molar-refractivity contribution in [2.45, 2.75) is 0 Å². The molecule has 0 aliphatic carbocycles. The summed E-state index contributed by atoms with van der Waals surface area (Å²) in [5, 5.41) is 0. The first-order valence-corrected chi connectivity index (χ1v) is 1.87. The smallest absolute Gasteiger partial charge is 0.424 e. The minimum absolute atomic E-state index is 0. The maximum atomic E-state index is 8.89. The van der Waals surface area contributed by atoms with E-state index >= 15 is 0 Å². The van der Waals surface area contributed by atoms with Gasteiger partial charge in [-0.15, -0.1) is 0 Å². The molecule has 1 radical (unpaired) electrons. The van der Waals surface area contributed by atoms with Gasteiger partial charge in [0.05, 0.1) is 0 Å². The zero-order valence-corrected chi connectivity index (χ0v) is 5.75. The Morgan fingerprint density at radius 3 is 1.40 bits per heavy atom. The van der Waals surface area contributed by atoms with E-state index in [4.69, 9.17) is 8.42 Å². The van der Waals surface area contributed by atoms with Gasteiger partial charge in [0.25, 0.3) is 0 Å². The van der Waals surface area contributed by atoms with Gasteiger partial charge >= 0.3 is 29.6 Å². The molecule has 0 saturated heterocycles. The van der Waals surface area contributed by atoms with E-state index in [2.05, 4.69) is 6.26 Å². The Kier molecular flexibility index (Phi) is 9.25. The fraction of sp³-hybridized carbons (Fsp3) is 0. The van der Waals surface area contributed by atoms with Crippen LogP contribution in [0.1, 0.15) is 0 Å². The first kappa shape index (κ1) is 9.34. The van der Waals surface area contributed by atoms with Crippen molar-refractivity contribution in [3.05, 3.63) is 6.26 Å². The molecule has 0 fully saturated rings. The maximum Gasteiger partial charge on any atom is 1.00 e. The molecule has 4 heteroatoms. The van der Waals surface area contributed by atoms with Gasteiger partial charge in [0, 0.05) is 0 Å². The van der Waals surface area contributed by atoms with Gasteiger partial charge in [0.2, 0.25) is 0 Å². The van der Waals surface area contributed by atoms with Crippen LogP contribution >= 0.6 is 0 Å². The van der Waals surface area contributed by atoms with E-state index in [1.54, 1.807) is 0 Å². The minimum atomic E-state index is -2.11. The Hall–Kier alpha value is 0.950. The second kappa shape index (κ2) is 4.95. The predicted molar refractivity (Wildman–Crippen MR) is 14.1 cm³/mol. The SMILES string of the molecule is [CH2][S-](=O)=O.[Na+]. The molecule has 0 aliphatic rings. The van der Waals surface area contributed by atoms with Crippen LogP contribution < -0.4 is 29.6 Å². The van der Waals surface area contributed by atoms with Gasteiger partial charge in [-0.2, -0.15) is 0 Å². The van der Waals surface area contributed by atoms with Crippen LogP contribution in [0.25, 0.3) is 0 Å². The molecule has 0 spiro atoms. The molecule has 0 rings (SSSR count). The monoisotopic (exact) mass is 101 g/mol. The predicted octanol–water partition coefficient (Wildman–Crippen LogP) is -2.91. The summed E-state index contributed by atoms with van der Waals surface area (Å²) < 4.78 is 17.8. The van der Waals surface area contributed by atoms with Crippen molar-refractivity contribution in [3.8, 4) is 0 Å². The first-order valence-electron chi connectivity index (χ1n) is 0.622. The molecule has 25 valence electrons. The fourth-order valence-corrected chi connectivity index (χ4v) is 0. The largest absolute Gasteiger partial charge is 1.00 e. The Balaban J connectivity index is 0. The van der Waals surface area contributed by atoms with E-state index < -0.39 is 10.7 Å². The topological polar surface area (TPSA) is 34.1 Å². The maximum absolute atomic E-state index is 8.89. The van der Waals surface area contributed by atoms with Gasteiger partial charge in [-0.25, -0.2) is 0 Å². The zero-order chi connectivity index (χ0) is 3.58. The summed E-state index contributed by atoms with van der Waals surface area (Å²) in [5.74, 6) is 0. The summed E-state index contributed by atoms with van der Waals surface area (Å²) in [4.78, 5) is 0. The van der Waals surface area contributed by atoms with Crippen molar-refractivity contribution in [2.24, 2.45) is 0 Å². The van der Waals surface area contributed by atoms with Gasteiger partial charge in [0.15, 0.2) is 0 Å². The van der Waals surface area contributed by atoms with Crippen LogP contribution in [0, 0.1) is 6.26 Å². The van der Waals surface area contributed by atoms with E-state index in [1.165, 1.54) is 0 Å². The summed E-state index contributed by atoms with van der Waals surface area (Å²) in [7, 11) is -2.11. The van der Waals surface area contributed by atoms with Crippen LogP contribution in [0.5, 0.6) is 0 Å². The van der Waals surface area contributed by atoms with Crippen LogP contribution in [-0.4, -0.2) is 0 Å². The van der Waals surface area contributed by atoms with Crippen LogP contribution in [-0.2, 0) is 19.1 Å². The molecule has 0 aromatic rings. The first-order chi connectivity index (χ1) is 1.73. The third-order valence-corrected chi connectivity index (χ3v) is 0. The molecule has 0 amide bonds. The Bertz CT molecular complexity index is 58.0. The summed E-state index contributed by atoms with van der Waals surface area (Å²) >= 11 is 0. The molecule has 0 N–H and O–H groups in total. The summed E-state index contributed by atoms with van der Waals surface area (Å²) in [5.41, 5.74) is 0. The van der Waals surface area contributed by atoms with E-state index in [0.29, 0.717) is 0 Å². The van der Waals surface area contributed by atoms with E-state index in [9.17, 15) is 0 Å². The van der Waals surface area contributed by atoms with Gasteiger partial charge in [-0.3, -0.25) is 0 Å². The minimum Gasteiger partial charge on any atom is -0.424 e. The molecule has 0 aromatic carbocycles. The molecule has 0 heterocycles. The molecule has 0 atom stereocenters. The van der Waals surface area contributed by atoms with Crippen molar-refractivity contribution < 1.29 is 38.0 Å². The average Bonchev–Trinajstić information content (AvgIpc) is 0.811. The zero-order valence-electron chi connectivity index (χ0n) is 2.93. The third kappa shape index (κ3) is 47.7. The number of hydrogen-bond acceptors (Lipinski definition) is 3. The molecule has 0 aliphatic heterocycles. The molecule has 0 bridgehead atoms. The second-order valence-electron chi connectivity index (χ2n) is 0.304. The Morgan fingerprint density at radius 2 is 1.40 bits per heavy atom. The third-order valence-electron chi connectivity index (χ3n) is 0. The second-order valence-corrected chi connectivity index (χ2v) is 0.911. The van der Waals surface area contributed by atoms with Crippen LogP contribution in [0.3, 0.4) is 0 Å². The molecular formula is CH2NaO2S. The van der Waals surface area contributed by atoms with Gasteiger partial charge < -0.3 is 8.42 Å². The average molecular weight is 101 g/mol. The Labute approximate surface area is 54.8 Å².